The Hall–Kier alpha value is -0.280. The van der Waals surface area contributed by atoms with Crippen molar-refractivity contribution in [2.24, 2.45) is 0 Å². The first kappa shape index (κ1) is 22.0. The van der Waals surface area contributed by atoms with Crippen LogP contribution >= 0.6 is 0 Å². The van der Waals surface area contributed by atoms with Crippen LogP contribution in [0, 0.1) is 0 Å². The number of hydrogen-bond acceptors (Lipinski definition) is 7. The van der Waals surface area contributed by atoms with Crippen molar-refractivity contribution in [3.63, 3.8) is 0 Å². The Kier molecular flexibility index (Phi) is 18.5. The topological polar surface area (TPSA) is 120 Å². The van der Waals surface area contributed by atoms with Crippen LogP contribution in [0.2, 0.25) is 0 Å². The molecule has 0 aromatic heterocycles. The first-order valence-corrected chi connectivity index (χ1v) is 6.92. The molecule has 0 aromatic carbocycles. The number of unbranched alkanes of at least 4 members (excludes halogenated alkanes) is 1. The molecule has 20 heavy (non-hydrogen) atoms. The van der Waals surface area contributed by atoms with Gasteiger partial charge in [-0.15, -0.1) is 0 Å². The summed E-state index contributed by atoms with van der Waals surface area (Å²) in [7, 11) is 0. The smallest absolute Gasteiger partial charge is 0.116 e. The quantitative estimate of drug-likeness (QED) is 0.290. The molecule has 0 spiro atoms. The molecule has 0 saturated carbocycles. The van der Waals surface area contributed by atoms with E-state index < -0.39 is 5.60 Å². The third kappa shape index (κ3) is 12.7. The number of aliphatic hydroxyl groups is 5. The zero-order valence-electron chi connectivity index (χ0n) is 12.3. The lowest BCUT2D eigenvalue weighted by Gasteiger charge is -2.29. The fourth-order valence-electron chi connectivity index (χ4n) is 1.22. The summed E-state index contributed by atoms with van der Waals surface area (Å²) in [5.74, 6) is 0. The molecule has 124 valence electrons. The molecule has 0 radical (unpaired) electrons. The molecular weight excluding hydrogens is 268 g/mol. The highest BCUT2D eigenvalue weighted by molar-refractivity contribution is 4.79. The molecule has 0 unspecified atom stereocenters. The van der Waals surface area contributed by atoms with Crippen LogP contribution < -0.4 is 0 Å². The van der Waals surface area contributed by atoms with Gasteiger partial charge in [-0.1, -0.05) is 13.3 Å². The van der Waals surface area contributed by atoms with Gasteiger partial charge in [-0.05, 0) is 6.42 Å². The van der Waals surface area contributed by atoms with E-state index >= 15 is 0 Å². The summed E-state index contributed by atoms with van der Waals surface area (Å²) in [6, 6.07) is 0. The Bertz CT molecular complexity index is 172. The summed E-state index contributed by atoms with van der Waals surface area (Å²) in [4.78, 5) is 0. The number of ether oxygens (including phenoxy) is 2. The van der Waals surface area contributed by atoms with Crippen LogP contribution in [0.15, 0.2) is 0 Å². The van der Waals surface area contributed by atoms with Gasteiger partial charge in [-0.2, -0.15) is 0 Å². The van der Waals surface area contributed by atoms with Crippen LogP contribution in [-0.4, -0.2) is 84.0 Å². The molecule has 0 rings (SSSR count). The summed E-state index contributed by atoms with van der Waals surface area (Å²) in [5, 5.41) is 43.3. The van der Waals surface area contributed by atoms with Crippen LogP contribution in [-0.2, 0) is 9.47 Å². The van der Waals surface area contributed by atoms with Crippen LogP contribution in [0.5, 0.6) is 0 Å². The second-order valence-corrected chi connectivity index (χ2v) is 4.23. The average molecular weight is 298 g/mol. The van der Waals surface area contributed by atoms with E-state index in [0.29, 0.717) is 13.0 Å². The summed E-state index contributed by atoms with van der Waals surface area (Å²) in [6.45, 7) is 2.02. The second kappa shape index (κ2) is 16.8. The van der Waals surface area contributed by atoms with E-state index in [0.717, 1.165) is 12.8 Å². The van der Waals surface area contributed by atoms with E-state index in [9.17, 15) is 0 Å². The Balaban J connectivity index is 0. The lowest BCUT2D eigenvalue weighted by molar-refractivity contribution is -0.128. The average Bonchev–Trinajstić information content (AvgIpc) is 2.49. The molecule has 0 bridgehead atoms. The fourth-order valence-corrected chi connectivity index (χ4v) is 1.22. The van der Waals surface area contributed by atoms with Crippen molar-refractivity contribution >= 4 is 0 Å². The van der Waals surface area contributed by atoms with Gasteiger partial charge in [-0.3, -0.25) is 0 Å². The summed E-state index contributed by atoms with van der Waals surface area (Å²) < 4.78 is 10.2. The number of rotatable bonds is 12. The molecule has 0 heterocycles. The lowest BCUT2D eigenvalue weighted by atomic mass is 10.0. The van der Waals surface area contributed by atoms with Crippen molar-refractivity contribution < 1.29 is 35.0 Å². The molecule has 0 aliphatic rings. The van der Waals surface area contributed by atoms with E-state index in [1.165, 1.54) is 0 Å². The highest BCUT2D eigenvalue weighted by atomic mass is 16.5. The molecule has 0 aliphatic carbocycles. The Morgan fingerprint density at radius 1 is 0.800 bits per heavy atom. The third-order valence-electron chi connectivity index (χ3n) is 2.53. The Labute approximate surface area is 120 Å². The molecule has 7 nitrogen and oxygen atoms in total. The van der Waals surface area contributed by atoms with Gasteiger partial charge in [0, 0.05) is 19.6 Å². The molecular formula is C13H30O7. The van der Waals surface area contributed by atoms with Crippen LogP contribution in [0.4, 0.5) is 0 Å². The van der Waals surface area contributed by atoms with Gasteiger partial charge in [-0.25, -0.2) is 0 Å². The molecule has 0 amide bonds. The van der Waals surface area contributed by atoms with Gasteiger partial charge in [0.05, 0.1) is 39.6 Å². The van der Waals surface area contributed by atoms with Crippen molar-refractivity contribution in [3.8, 4) is 0 Å². The maximum absolute atomic E-state index is 9.09. The minimum atomic E-state index is -1.07. The van der Waals surface area contributed by atoms with E-state index in [1.54, 1.807) is 0 Å². The second-order valence-electron chi connectivity index (χ2n) is 4.23. The first-order valence-electron chi connectivity index (χ1n) is 6.92. The fraction of sp³-hybridized carbons (Fsp3) is 1.00. The van der Waals surface area contributed by atoms with Crippen molar-refractivity contribution in [1.29, 1.82) is 0 Å². The van der Waals surface area contributed by atoms with E-state index in [4.69, 9.17) is 35.0 Å². The molecule has 0 aromatic rings. The zero-order valence-corrected chi connectivity index (χ0v) is 12.3. The first-order chi connectivity index (χ1) is 9.66. The minimum Gasteiger partial charge on any atom is -0.396 e. The zero-order chi connectivity index (χ0) is 15.7. The Morgan fingerprint density at radius 3 is 1.75 bits per heavy atom. The van der Waals surface area contributed by atoms with Crippen molar-refractivity contribution in [3.05, 3.63) is 0 Å². The van der Waals surface area contributed by atoms with Crippen LogP contribution in [0.25, 0.3) is 0 Å². The SMILES string of the molecule is CCCCO.OCCOCCC(CO)(CO)OCCO. The predicted octanol–water partition coefficient (Wildman–Crippen LogP) is -1.10. The highest BCUT2D eigenvalue weighted by Gasteiger charge is 2.29. The maximum atomic E-state index is 9.09. The van der Waals surface area contributed by atoms with Crippen LogP contribution in [0.3, 0.4) is 0 Å². The van der Waals surface area contributed by atoms with Crippen molar-refractivity contribution in [1.82, 2.24) is 0 Å². The van der Waals surface area contributed by atoms with Gasteiger partial charge in [0.15, 0.2) is 0 Å². The molecule has 7 heteroatoms. The van der Waals surface area contributed by atoms with Gasteiger partial charge in [0.2, 0.25) is 0 Å². The summed E-state index contributed by atoms with van der Waals surface area (Å²) >= 11 is 0. The molecule has 0 fully saturated rings. The van der Waals surface area contributed by atoms with E-state index in [2.05, 4.69) is 6.92 Å². The largest absolute Gasteiger partial charge is 0.396 e. The van der Waals surface area contributed by atoms with Gasteiger partial charge >= 0.3 is 0 Å². The minimum absolute atomic E-state index is 0.0567. The standard InChI is InChI=1S/C9H20O6.C4H10O/c10-2-5-14-4-1-9(7-12,8-13)15-6-3-11;1-2-3-4-5/h10-13H,1-8H2;5H,2-4H2,1H3. The summed E-state index contributed by atoms with van der Waals surface area (Å²) in [6.07, 6.45) is 2.34. The molecule has 5 N–H and O–H groups in total. The predicted molar refractivity (Wildman–Crippen MR) is 74.5 cm³/mol. The number of aliphatic hydroxyl groups excluding tert-OH is 5. The third-order valence-corrected chi connectivity index (χ3v) is 2.53. The van der Waals surface area contributed by atoms with E-state index in [1.807, 2.05) is 0 Å². The highest BCUT2D eigenvalue weighted by Crippen LogP contribution is 2.14. The summed E-state index contributed by atoms with van der Waals surface area (Å²) in [5.41, 5.74) is -1.07. The monoisotopic (exact) mass is 298 g/mol. The molecule has 0 saturated heterocycles. The maximum Gasteiger partial charge on any atom is 0.116 e. The van der Waals surface area contributed by atoms with Crippen molar-refractivity contribution in [2.45, 2.75) is 31.8 Å². The molecule has 0 atom stereocenters. The Morgan fingerprint density at radius 2 is 1.40 bits per heavy atom. The van der Waals surface area contributed by atoms with E-state index in [-0.39, 0.29) is 46.2 Å². The van der Waals surface area contributed by atoms with Crippen LogP contribution in [0.1, 0.15) is 26.2 Å². The normalized spacial score (nSPS) is 11.1. The van der Waals surface area contributed by atoms with Gasteiger partial charge in [0.25, 0.3) is 0 Å². The number of hydrogen-bond donors (Lipinski definition) is 5. The molecule has 0 aliphatic heterocycles. The van der Waals surface area contributed by atoms with Gasteiger partial charge < -0.3 is 35.0 Å². The lowest BCUT2D eigenvalue weighted by Crippen LogP contribution is -2.42. The van der Waals surface area contributed by atoms with Gasteiger partial charge in [0.1, 0.15) is 5.60 Å². The van der Waals surface area contributed by atoms with Crippen molar-refractivity contribution in [2.75, 3.05) is 52.9 Å².